The third-order valence-electron chi connectivity index (χ3n) is 2.15. The van der Waals surface area contributed by atoms with E-state index in [1.54, 1.807) is 11.8 Å². The second kappa shape index (κ2) is 6.15. The van der Waals surface area contributed by atoms with Crippen LogP contribution in [0.5, 0.6) is 0 Å². The van der Waals surface area contributed by atoms with E-state index in [9.17, 15) is 9.18 Å². The molecular weight excluding hydrogens is 245 g/mol. The highest BCUT2D eigenvalue weighted by molar-refractivity contribution is 7.99. The summed E-state index contributed by atoms with van der Waals surface area (Å²) < 4.78 is 13.3. The molecule has 0 spiro atoms. The number of rotatable bonds is 4. The van der Waals surface area contributed by atoms with Gasteiger partial charge in [-0.2, -0.15) is 11.8 Å². The molecule has 0 aromatic heterocycles. The van der Waals surface area contributed by atoms with Crippen LogP contribution in [0, 0.1) is 5.82 Å². The van der Waals surface area contributed by atoms with E-state index in [0.717, 1.165) is 0 Å². The first kappa shape index (κ1) is 13.4. The van der Waals surface area contributed by atoms with Crippen LogP contribution in [0.2, 0.25) is 0 Å². The zero-order valence-corrected chi connectivity index (χ0v) is 10.9. The van der Waals surface area contributed by atoms with Crippen molar-refractivity contribution >= 4 is 30.3 Å². The Hall–Kier alpha value is -0.680. The van der Waals surface area contributed by atoms with E-state index in [-0.39, 0.29) is 5.56 Å². The van der Waals surface area contributed by atoms with Gasteiger partial charge in [-0.05, 0) is 24.5 Å². The van der Waals surface area contributed by atoms with Crippen LogP contribution in [0.15, 0.2) is 23.1 Å². The Morgan fingerprint density at radius 1 is 1.62 bits per heavy atom. The van der Waals surface area contributed by atoms with Crippen molar-refractivity contribution in [3.8, 4) is 0 Å². The van der Waals surface area contributed by atoms with Gasteiger partial charge < -0.3 is 5.32 Å². The minimum atomic E-state index is -0.521. The van der Waals surface area contributed by atoms with Crippen molar-refractivity contribution in [2.75, 3.05) is 12.8 Å². The summed E-state index contributed by atoms with van der Waals surface area (Å²) in [5.74, 6) is -0.915. The molecule has 5 heteroatoms. The highest BCUT2D eigenvalue weighted by Crippen LogP contribution is 2.13. The van der Waals surface area contributed by atoms with E-state index in [1.165, 1.54) is 18.2 Å². The Morgan fingerprint density at radius 2 is 2.31 bits per heavy atom. The highest BCUT2D eigenvalue weighted by atomic mass is 32.2. The van der Waals surface area contributed by atoms with Gasteiger partial charge in [0, 0.05) is 16.7 Å². The van der Waals surface area contributed by atoms with Gasteiger partial charge in [0.15, 0.2) is 0 Å². The summed E-state index contributed by atoms with van der Waals surface area (Å²) in [6.45, 7) is 2.52. The fourth-order valence-electron chi connectivity index (χ4n) is 1.10. The van der Waals surface area contributed by atoms with E-state index < -0.39 is 11.7 Å². The number of thiol groups is 1. The number of halogens is 1. The van der Waals surface area contributed by atoms with E-state index in [4.69, 9.17) is 0 Å². The molecule has 88 valence electrons. The molecule has 0 saturated heterocycles. The lowest BCUT2D eigenvalue weighted by atomic mass is 10.2. The summed E-state index contributed by atoms with van der Waals surface area (Å²) in [7, 11) is 0. The number of carbonyl (C=O) groups is 1. The summed E-state index contributed by atoms with van der Waals surface area (Å²) in [5, 5.41) is 3.00. The Bertz CT molecular complexity index is 384. The molecule has 0 bridgehead atoms. The zero-order valence-electron chi connectivity index (χ0n) is 9.16. The molecule has 0 heterocycles. The lowest BCUT2D eigenvalue weighted by Gasteiger charge is -2.10. The number of hydrogen-bond acceptors (Lipinski definition) is 3. The molecule has 1 amide bonds. The molecule has 2 nitrogen and oxygen atoms in total. The molecule has 1 unspecified atom stereocenters. The van der Waals surface area contributed by atoms with Crippen molar-refractivity contribution in [1.29, 1.82) is 0 Å². The Labute approximate surface area is 104 Å². The minimum Gasteiger partial charge on any atom is -0.351 e. The van der Waals surface area contributed by atoms with Gasteiger partial charge in [-0.25, -0.2) is 4.39 Å². The standard InChI is InChI=1S/C11H14FNOS2/c1-7(16-2)6-13-11(14)9-5-8(15)3-4-10(9)12/h3-5,7,15H,6H2,1-2H3,(H,13,14). The maximum atomic E-state index is 13.3. The fourth-order valence-corrected chi connectivity index (χ4v) is 1.56. The van der Waals surface area contributed by atoms with Crippen molar-refractivity contribution in [3.05, 3.63) is 29.6 Å². The van der Waals surface area contributed by atoms with Crippen molar-refractivity contribution in [3.63, 3.8) is 0 Å². The summed E-state index contributed by atoms with van der Waals surface area (Å²) >= 11 is 5.72. The van der Waals surface area contributed by atoms with Crippen LogP contribution < -0.4 is 5.32 Å². The average Bonchev–Trinajstić information content (AvgIpc) is 2.28. The first-order valence-electron chi connectivity index (χ1n) is 4.84. The second-order valence-electron chi connectivity index (χ2n) is 3.42. The van der Waals surface area contributed by atoms with E-state index in [2.05, 4.69) is 17.9 Å². The largest absolute Gasteiger partial charge is 0.351 e. The van der Waals surface area contributed by atoms with Gasteiger partial charge in [0.05, 0.1) is 5.56 Å². The molecule has 0 aliphatic carbocycles. The molecule has 1 atom stereocenters. The molecule has 0 fully saturated rings. The van der Waals surface area contributed by atoms with Gasteiger partial charge in [0.1, 0.15) is 5.82 Å². The van der Waals surface area contributed by atoms with E-state index >= 15 is 0 Å². The van der Waals surface area contributed by atoms with Crippen molar-refractivity contribution in [1.82, 2.24) is 5.32 Å². The summed E-state index contributed by atoms with van der Waals surface area (Å²) in [4.78, 5) is 12.2. The van der Waals surface area contributed by atoms with Crippen molar-refractivity contribution in [2.24, 2.45) is 0 Å². The monoisotopic (exact) mass is 259 g/mol. The summed E-state index contributed by atoms with van der Waals surface area (Å²) in [6, 6.07) is 4.19. The molecule has 1 N–H and O–H groups in total. The molecule has 0 radical (unpaired) electrons. The fraction of sp³-hybridized carbons (Fsp3) is 0.364. The Morgan fingerprint density at radius 3 is 2.94 bits per heavy atom. The topological polar surface area (TPSA) is 29.1 Å². The van der Waals surface area contributed by atoms with Crippen LogP contribution in [0.4, 0.5) is 4.39 Å². The predicted molar refractivity (Wildman–Crippen MR) is 69.0 cm³/mol. The minimum absolute atomic E-state index is 0.0424. The number of amides is 1. The number of benzene rings is 1. The molecule has 16 heavy (non-hydrogen) atoms. The molecule has 0 aliphatic rings. The lowest BCUT2D eigenvalue weighted by molar-refractivity contribution is 0.0950. The number of hydrogen-bond donors (Lipinski definition) is 2. The molecule has 0 aliphatic heterocycles. The normalized spacial score (nSPS) is 12.2. The molecule has 1 aromatic carbocycles. The average molecular weight is 259 g/mol. The molecule has 1 rings (SSSR count). The Balaban J connectivity index is 2.69. The molecular formula is C11H14FNOS2. The first-order chi connectivity index (χ1) is 7.54. The Kier molecular flexibility index (Phi) is 5.15. The smallest absolute Gasteiger partial charge is 0.254 e. The van der Waals surface area contributed by atoms with Crippen LogP contribution in [0.3, 0.4) is 0 Å². The van der Waals surface area contributed by atoms with Crippen LogP contribution >= 0.6 is 24.4 Å². The van der Waals surface area contributed by atoms with Gasteiger partial charge in [0.2, 0.25) is 0 Å². The number of carbonyl (C=O) groups excluding carboxylic acids is 1. The van der Waals surface area contributed by atoms with Gasteiger partial charge >= 0.3 is 0 Å². The second-order valence-corrected chi connectivity index (χ2v) is 5.21. The maximum Gasteiger partial charge on any atom is 0.254 e. The first-order valence-corrected chi connectivity index (χ1v) is 6.57. The third-order valence-corrected chi connectivity index (χ3v) is 3.40. The number of thioether (sulfide) groups is 1. The molecule has 1 aromatic rings. The van der Waals surface area contributed by atoms with E-state index in [1.807, 2.05) is 13.2 Å². The van der Waals surface area contributed by atoms with Gasteiger partial charge in [0.25, 0.3) is 5.91 Å². The zero-order chi connectivity index (χ0) is 12.1. The van der Waals surface area contributed by atoms with E-state index in [0.29, 0.717) is 16.7 Å². The van der Waals surface area contributed by atoms with Gasteiger partial charge in [-0.3, -0.25) is 4.79 Å². The van der Waals surface area contributed by atoms with Gasteiger partial charge in [-0.1, -0.05) is 6.92 Å². The predicted octanol–water partition coefficient (Wildman–Crippen LogP) is 2.60. The van der Waals surface area contributed by atoms with Gasteiger partial charge in [-0.15, -0.1) is 12.6 Å². The maximum absolute atomic E-state index is 13.3. The van der Waals surface area contributed by atoms with Crippen LogP contribution in [0.25, 0.3) is 0 Å². The van der Waals surface area contributed by atoms with Crippen LogP contribution in [-0.4, -0.2) is 24.0 Å². The molecule has 0 saturated carbocycles. The van der Waals surface area contributed by atoms with Crippen LogP contribution in [-0.2, 0) is 0 Å². The highest BCUT2D eigenvalue weighted by Gasteiger charge is 2.12. The number of nitrogens with one attached hydrogen (secondary N) is 1. The summed E-state index contributed by atoms with van der Waals surface area (Å²) in [6.07, 6.45) is 1.96. The van der Waals surface area contributed by atoms with Crippen LogP contribution in [0.1, 0.15) is 17.3 Å². The lowest BCUT2D eigenvalue weighted by Crippen LogP contribution is -2.30. The summed E-state index contributed by atoms with van der Waals surface area (Å²) in [5.41, 5.74) is 0.0424. The third kappa shape index (κ3) is 3.72. The SMILES string of the molecule is CSC(C)CNC(=O)c1cc(S)ccc1F. The van der Waals surface area contributed by atoms with Crippen molar-refractivity contribution in [2.45, 2.75) is 17.1 Å². The van der Waals surface area contributed by atoms with Crippen molar-refractivity contribution < 1.29 is 9.18 Å². The quantitative estimate of drug-likeness (QED) is 0.814.